The van der Waals surface area contributed by atoms with Gasteiger partial charge < -0.3 is 9.64 Å². The van der Waals surface area contributed by atoms with E-state index in [-0.39, 0.29) is 0 Å². The second kappa shape index (κ2) is 5.93. The van der Waals surface area contributed by atoms with E-state index < -0.39 is 11.7 Å². The van der Waals surface area contributed by atoms with Crippen molar-refractivity contribution in [2.45, 2.75) is 13.5 Å². The number of rotatable bonds is 4. The number of hydrogen-bond donors (Lipinski definition) is 0. The van der Waals surface area contributed by atoms with Gasteiger partial charge in [-0.2, -0.15) is 0 Å². The lowest BCUT2D eigenvalue weighted by atomic mass is 10.1. The predicted octanol–water partition coefficient (Wildman–Crippen LogP) is 3.58. The molecule has 0 fully saturated rings. The van der Waals surface area contributed by atoms with Gasteiger partial charge in [0.2, 0.25) is 0 Å². The highest BCUT2D eigenvalue weighted by Crippen LogP contribution is 2.32. The molecule has 0 atom stereocenters. The van der Waals surface area contributed by atoms with E-state index in [4.69, 9.17) is 4.74 Å². The first-order valence-corrected chi connectivity index (χ1v) is 7.77. The number of anilines is 1. The molecule has 1 heterocycles. The fourth-order valence-electron chi connectivity index (χ4n) is 2.47. The number of hydrogen-bond acceptors (Lipinski definition) is 3. The van der Waals surface area contributed by atoms with E-state index in [0.717, 1.165) is 15.8 Å². The summed E-state index contributed by atoms with van der Waals surface area (Å²) in [6, 6.07) is 12.8. The number of halogens is 1. The summed E-state index contributed by atoms with van der Waals surface area (Å²) in [7, 11) is 0. The Bertz CT molecular complexity index is 740. The lowest BCUT2D eigenvalue weighted by Crippen LogP contribution is -2.29. The number of ether oxygens (including phenoxy) is 1. The summed E-state index contributed by atoms with van der Waals surface area (Å²) in [6.45, 7) is 2.91. The summed E-state index contributed by atoms with van der Waals surface area (Å²) in [5.74, 6) is -0.149. The maximum Gasteiger partial charge on any atom is 0.299 e. The number of amides is 1. The molecular weight excluding hydrogens is 346 g/mol. The Balaban J connectivity index is 1.87. The molecule has 5 heteroatoms. The Kier molecular flexibility index (Phi) is 3.98. The fourth-order valence-corrected chi connectivity index (χ4v) is 2.83. The molecule has 0 aliphatic carbocycles. The van der Waals surface area contributed by atoms with Crippen molar-refractivity contribution in [1.29, 1.82) is 0 Å². The van der Waals surface area contributed by atoms with Gasteiger partial charge in [0.05, 0.1) is 24.4 Å². The van der Waals surface area contributed by atoms with Gasteiger partial charge in [0, 0.05) is 4.47 Å². The number of carbonyl (C=O) groups excluding carboxylic acids is 2. The van der Waals surface area contributed by atoms with Crippen molar-refractivity contribution < 1.29 is 14.3 Å². The van der Waals surface area contributed by atoms with Crippen LogP contribution in [0.2, 0.25) is 0 Å². The van der Waals surface area contributed by atoms with Crippen molar-refractivity contribution in [2.75, 3.05) is 11.5 Å². The van der Waals surface area contributed by atoms with Gasteiger partial charge in [0.25, 0.3) is 11.7 Å². The number of Topliss-reactive ketones (excluding diaryl/α,β-unsaturated/α-hetero) is 1. The minimum absolute atomic E-state index is 0.367. The topological polar surface area (TPSA) is 46.6 Å². The number of nitrogens with zero attached hydrogens (tertiary/aromatic N) is 1. The Morgan fingerprint density at radius 2 is 1.82 bits per heavy atom. The monoisotopic (exact) mass is 359 g/mol. The number of ketones is 1. The molecule has 0 spiro atoms. The minimum atomic E-state index is -0.484. The lowest BCUT2D eigenvalue weighted by molar-refractivity contribution is -0.114. The van der Waals surface area contributed by atoms with Crippen molar-refractivity contribution in [3.05, 3.63) is 58.1 Å². The maximum absolute atomic E-state index is 12.2. The highest BCUT2D eigenvalue weighted by molar-refractivity contribution is 9.10. The van der Waals surface area contributed by atoms with Crippen LogP contribution in [-0.2, 0) is 11.3 Å². The van der Waals surface area contributed by atoms with Crippen LogP contribution in [0.5, 0.6) is 5.75 Å². The summed E-state index contributed by atoms with van der Waals surface area (Å²) in [5.41, 5.74) is 2.05. The highest BCUT2D eigenvalue weighted by Gasteiger charge is 2.35. The predicted molar refractivity (Wildman–Crippen MR) is 87.3 cm³/mol. The Labute approximate surface area is 136 Å². The normalized spacial score (nSPS) is 13.5. The van der Waals surface area contributed by atoms with Crippen LogP contribution < -0.4 is 9.64 Å². The van der Waals surface area contributed by atoms with Gasteiger partial charge in [-0.05, 0) is 42.8 Å². The summed E-state index contributed by atoms with van der Waals surface area (Å²) < 4.78 is 6.19. The zero-order valence-corrected chi connectivity index (χ0v) is 13.6. The van der Waals surface area contributed by atoms with E-state index in [0.29, 0.717) is 24.4 Å². The van der Waals surface area contributed by atoms with Crippen molar-refractivity contribution in [1.82, 2.24) is 0 Å². The Hall–Kier alpha value is -2.14. The minimum Gasteiger partial charge on any atom is -0.494 e. The van der Waals surface area contributed by atoms with Gasteiger partial charge in [-0.3, -0.25) is 9.59 Å². The van der Waals surface area contributed by atoms with Crippen molar-refractivity contribution in [2.24, 2.45) is 0 Å². The molecule has 0 N–H and O–H groups in total. The third-order valence-electron chi connectivity index (χ3n) is 3.51. The van der Waals surface area contributed by atoms with Gasteiger partial charge in [-0.25, -0.2) is 0 Å². The molecule has 2 aromatic carbocycles. The molecular formula is C17H14BrNO3. The molecule has 0 saturated carbocycles. The second-order valence-corrected chi connectivity index (χ2v) is 5.87. The van der Waals surface area contributed by atoms with Crippen LogP contribution in [0.3, 0.4) is 0 Å². The van der Waals surface area contributed by atoms with E-state index in [2.05, 4.69) is 15.9 Å². The van der Waals surface area contributed by atoms with Crippen molar-refractivity contribution in [3.63, 3.8) is 0 Å². The SMILES string of the molecule is CCOc1ccc(CN2C(=O)C(=O)c3cc(Br)ccc32)cc1. The van der Waals surface area contributed by atoms with Gasteiger partial charge in [0.15, 0.2) is 0 Å². The van der Waals surface area contributed by atoms with E-state index >= 15 is 0 Å². The summed E-state index contributed by atoms with van der Waals surface area (Å²) in [5, 5.41) is 0. The van der Waals surface area contributed by atoms with Crippen LogP contribution in [0, 0.1) is 0 Å². The molecule has 1 aliphatic rings. The van der Waals surface area contributed by atoms with Crippen molar-refractivity contribution >= 4 is 33.3 Å². The molecule has 0 bridgehead atoms. The third-order valence-corrected chi connectivity index (χ3v) is 4.00. The number of benzene rings is 2. The average molecular weight is 360 g/mol. The first kappa shape index (κ1) is 14.8. The smallest absolute Gasteiger partial charge is 0.299 e. The first-order chi connectivity index (χ1) is 10.6. The summed E-state index contributed by atoms with van der Waals surface area (Å²) in [4.78, 5) is 25.8. The molecule has 22 heavy (non-hydrogen) atoms. The number of carbonyl (C=O) groups is 2. The summed E-state index contributed by atoms with van der Waals surface area (Å²) in [6.07, 6.45) is 0. The molecule has 1 aliphatic heterocycles. The molecule has 0 saturated heterocycles. The maximum atomic E-state index is 12.2. The van der Waals surface area contributed by atoms with Crippen LogP contribution in [0.25, 0.3) is 0 Å². The van der Waals surface area contributed by atoms with E-state index in [1.54, 1.807) is 12.1 Å². The zero-order chi connectivity index (χ0) is 15.7. The molecule has 0 unspecified atom stereocenters. The van der Waals surface area contributed by atoms with Crippen LogP contribution in [0.1, 0.15) is 22.8 Å². The van der Waals surface area contributed by atoms with E-state index in [1.807, 2.05) is 37.3 Å². The number of fused-ring (bicyclic) bond motifs is 1. The third kappa shape index (κ3) is 2.64. The van der Waals surface area contributed by atoms with Gasteiger partial charge in [-0.1, -0.05) is 28.1 Å². The fraction of sp³-hybridized carbons (Fsp3) is 0.176. The summed E-state index contributed by atoms with van der Waals surface area (Å²) >= 11 is 3.33. The van der Waals surface area contributed by atoms with Crippen LogP contribution >= 0.6 is 15.9 Å². The first-order valence-electron chi connectivity index (χ1n) is 6.97. The Morgan fingerprint density at radius 1 is 1.09 bits per heavy atom. The van der Waals surface area contributed by atoms with Crippen molar-refractivity contribution in [3.8, 4) is 5.75 Å². The second-order valence-electron chi connectivity index (χ2n) is 4.96. The van der Waals surface area contributed by atoms with E-state index in [1.165, 1.54) is 4.90 Å². The molecule has 1 amide bonds. The molecule has 0 radical (unpaired) electrons. The van der Waals surface area contributed by atoms with Crippen LogP contribution in [0.4, 0.5) is 5.69 Å². The molecule has 112 valence electrons. The zero-order valence-electron chi connectivity index (χ0n) is 12.0. The lowest BCUT2D eigenvalue weighted by Gasteiger charge is -2.17. The molecule has 4 nitrogen and oxygen atoms in total. The van der Waals surface area contributed by atoms with Gasteiger partial charge in [0.1, 0.15) is 5.75 Å². The average Bonchev–Trinajstić information content (AvgIpc) is 2.74. The van der Waals surface area contributed by atoms with Gasteiger partial charge >= 0.3 is 0 Å². The quantitative estimate of drug-likeness (QED) is 0.783. The molecule has 0 aromatic heterocycles. The molecule has 3 rings (SSSR count). The Morgan fingerprint density at radius 3 is 2.50 bits per heavy atom. The molecule has 2 aromatic rings. The van der Waals surface area contributed by atoms with Crippen LogP contribution in [-0.4, -0.2) is 18.3 Å². The highest BCUT2D eigenvalue weighted by atomic mass is 79.9. The van der Waals surface area contributed by atoms with Gasteiger partial charge in [-0.15, -0.1) is 0 Å². The standard InChI is InChI=1S/C17H14BrNO3/c1-2-22-13-6-3-11(4-7-13)10-19-15-8-5-12(18)9-14(15)16(20)17(19)21/h3-9H,2,10H2,1H3. The largest absolute Gasteiger partial charge is 0.494 e. The van der Waals surface area contributed by atoms with E-state index in [9.17, 15) is 9.59 Å². The van der Waals surface area contributed by atoms with Crippen LogP contribution in [0.15, 0.2) is 46.9 Å².